The molecule has 3 rings (SSSR count). The van der Waals surface area contributed by atoms with Gasteiger partial charge in [0.25, 0.3) is 5.91 Å². The number of fused-ring (bicyclic) bond motifs is 1. The van der Waals surface area contributed by atoms with Crippen LogP contribution < -0.4 is 5.32 Å². The first-order valence-electron chi connectivity index (χ1n) is 8.21. The number of para-hydroxylation sites is 1. The maximum atomic E-state index is 12.4. The maximum absolute atomic E-state index is 12.4. The van der Waals surface area contributed by atoms with Gasteiger partial charge < -0.3 is 10.2 Å². The number of quaternary nitrogens is 1. The number of carbonyl (C=O) groups is 1. The lowest BCUT2D eigenvalue weighted by Gasteiger charge is -2.17. The van der Waals surface area contributed by atoms with Crippen LogP contribution in [-0.4, -0.2) is 29.4 Å². The van der Waals surface area contributed by atoms with Crippen molar-refractivity contribution >= 4 is 39.1 Å². The summed E-state index contributed by atoms with van der Waals surface area (Å²) in [5.74, 6) is 0.0816. The van der Waals surface area contributed by atoms with E-state index in [1.54, 1.807) is 16.2 Å². The second-order valence-corrected chi connectivity index (χ2v) is 7.60. The summed E-state index contributed by atoms with van der Waals surface area (Å²) in [6, 6.07) is 15.9. The average Bonchev–Trinajstić information content (AvgIpc) is 3.01. The fourth-order valence-corrected chi connectivity index (χ4v) is 4.01. The van der Waals surface area contributed by atoms with E-state index in [0.29, 0.717) is 13.1 Å². The normalized spacial score (nSPS) is 12.3. The van der Waals surface area contributed by atoms with Crippen LogP contribution in [0.15, 0.2) is 48.5 Å². The Kier molecular flexibility index (Phi) is 5.68. The Hall–Kier alpha value is -1.95. The fraction of sp³-hybridized carbons (Fsp3) is 0.263. The third kappa shape index (κ3) is 4.37. The molecule has 0 aliphatic heterocycles. The van der Waals surface area contributed by atoms with E-state index in [-0.39, 0.29) is 11.9 Å². The van der Waals surface area contributed by atoms with Crippen molar-refractivity contribution in [2.45, 2.75) is 19.5 Å². The molecule has 4 nitrogen and oxygen atoms in total. The van der Waals surface area contributed by atoms with E-state index in [1.807, 2.05) is 54.8 Å². The number of nitrogens with zero attached hydrogens (tertiary/aromatic N) is 2. The molecule has 0 aliphatic rings. The molecular weight excluding hydrogens is 354 g/mol. The molecule has 1 heterocycles. The van der Waals surface area contributed by atoms with E-state index in [2.05, 4.69) is 18.0 Å². The predicted molar refractivity (Wildman–Crippen MR) is 103 cm³/mol. The number of aromatic nitrogens is 1. The van der Waals surface area contributed by atoms with Gasteiger partial charge in [0.05, 0.1) is 16.8 Å². The van der Waals surface area contributed by atoms with Crippen LogP contribution in [0, 0.1) is 0 Å². The molecule has 0 saturated carbocycles. The second kappa shape index (κ2) is 7.95. The predicted octanol–water partition coefficient (Wildman–Crippen LogP) is 3.23. The molecule has 0 fully saturated rings. The number of hydrogen-bond donors (Lipinski definition) is 1. The van der Waals surface area contributed by atoms with Crippen LogP contribution in [0.3, 0.4) is 0 Å². The molecule has 0 saturated heterocycles. The first-order valence-corrected chi connectivity index (χ1v) is 9.40. The topological polar surface area (TPSA) is 49.8 Å². The summed E-state index contributed by atoms with van der Waals surface area (Å²) in [6.45, 7) is 2.97. The molecule has 25 heavy (non-hydrogen) atoms. The quantitative estimate of drug-likeness (QED) is 0.720. The highest BCUT2D eigenvalue weighted by Crippen LogP contribution is 2.22. The molecule has 6 heteroatoms. The lowest BCUT2D eigenvalue weighted by atomic mass is 10.1. The zero-order valence-corrected chi connectivity index (χ0v) is 15.8. The molecule has 0 unspecified atom stereocenters. The van der Waals surface area contributed by atoms with Crippen molar-refractivity contribution in [1.82, 2.24) is 9.88 Å². The summed E-state index contributed by atoms with van der Waals surface area (Å²) >= 11 is 7.85. The Morgan fingerprint density at radius 2 is 1.96 bits per heavy atom. The van der Waals surface area contributed by atoms with Gasteiger partial charge in [0.15, 0.2) is 6.54 Å². The number of halogens is 1. The van der Waals surface area contributed by atoms with Gasteiger partial charge in [-0.2, -0.15) is 0 Å². The van der Waals surface area contributed by atoms with Crippen LogP contribution in [0.2, 0.25) is 5.02 Å². The van der Waals surface area contributed by atoms with E-state index in [0.717, 1.165) is 25.8 Å². The molecule has 2 aromatic carbocycles. The van der Waals surface area contributed by atoms with Crippen molar-refractivity contribution in [1.29, 1.82) is 0 Å². The van der Waals surface area contributed by atoms with Gasteiger partial charge in [-0.25, -0.2) is 4.98 Å². The van der Waals surface area contributed by atoms with E-state index >= 15 is 0 Å². The van der Waals surface area contributed by atoms with E-state index in [9.17, 15) is 4.79 Å². The van der Waals surface area contributed by atoms with Crippen molar-refractivity contribution in [2.75, 3.05) is 13.6 Å². The molecule has 0 aliphatic carbocycles. The molecular formula is C19H21ClN3OS+. The second-order valence-electron chi connectivity index (χ2n) is 6.08. The largest absolute Gasteiger partial charge is 0.334 e. The number of amides is 1. The monoisotopic (exact) mass is 374 g/mol. The van der Waals surface area contributed by atoms with Crippen LogP contribution in [0.25, 0.3) is 10.2 Å². The van der Waals surface area contributed by atoms with Gasteiger partial charge in [-0.05, 0) is 25.1 Å². The van der Waals surface area contributed by atoms with Crippen molar-refractivity contribution in [3.8, 4) is 0 Å². The van der Waals surface area contributed by atoms with E-state index < -0.39 is 0 Å². The summed E-state index contributed by atoms with van der Waals surface area (Å²) in [7, 11) is 1.82. The molecule has 1 atom stereocenters. The Balaban J connectivity index is 1.56. The van der Waals surface area contributed by atoms with Crippen molar-refractivity contribution < 1.29 is 10.1 Å². The molecule has 3 aromatic rings. The van der Waals surface area contributed by atoms with Gasteiger partial charge in [-0.15, -0.1) is 11.3 Å². The number of hydrogen-bond acceptors (Lipinski definition) is 3. The molecule has 2 N–H and O–H groups in total. The number of rotatable bonds is 6. The summed E-state index contributed by atoms with van der Waals surface area (Å²) in [4.78, 5) is 18.7. The molecule has 0 bridgehead atoms. The third-order valence-electron chi connectivity index (χ3n) is 4.18. The van der Waals surface area contributed by atoms with Crippen LogP contribution in [0.4, 0.5) is 0 Å². The molecule has 1 aromatic heterocycles. The van der Waals surface area contributed by atoms with Crippen LogP contribution in [0.1, 0.15) is 23.5 Å². The Labute approximate surface area is 156 Å². The lowest BCUT2D eigenvalue weighted by molar-refractivity contribution is -0.683. The van der Waals surface area contributed by atoms with Gasteiger partial charge in [-0.3, -0.25) is 4.79 Å². The molecule has 1 amide bonds. The zero-order valence-electron chi connectivity index (χ0n) is 14.3. The Bertz CT molecular complexity index is 847. The van der Waals surface area contributed by atoms with Crippen molar-refractivity contribution in [3.05, 3.63) is 64.1 Å². The van der Waals surface area contributed by atoms with E-state index in [4.69, 9.17) is 11.6 Å². The SMILES string of the molecule is C[C@H]([NH2+]CC(=O)N(C)Cc1nc2ccccc2s1)c1ccccc1Cl. The zero-order chi connectivity index (χ0) is 17.8. The standard InChI is InChI=1S/C19H20ClN3OS/c1-13(14-7-3-4-8-15(14)20)21-11-19(24)23(2)12-18-22-16-9-5-6-10-17(16)25-18/h3-10,13,21H,11-12H2,1-2H3/p+1/t13-/m0/s1. The van der Waals surface area contributed by atoms with E-state index in [1.165, 1.54) is 0 Å². The minimum absolute atomic E-state index is 0.0816. The summed E-state index contributed by atoms with van der Waals surface area (Å²) in [5, 5.41) is 3.70. The molecule has 0 spiro atoms. The van der Waals surface area contributed by atoms with Gasteiger partial charge >= 0.3 is 0 Å². The van der Waals surface area contributed by atoms with Gasteiger partial charge in [-0.1, -0.05) is 41.9 Å². The average molecular weight is 375 g/mol. The smallest absolute Gasteiger partial charge is 0.277 e. The van der Waals surface area contributed by atoms with Gasteiger partial charge in [0, 0.05) is 17.6 Å². The van der Waals surface area contributed by atoms with Crippen LogP contribution in [0.5, 0.6) is 0 Å². The van der Waals surface area contributed by atoms with Crippen molar-refractivity contribution in [3.63, 3.8) is 0 Å². The minimum atomic E-state index is 0.0816. The van der Waals surface area contributed by atoms with Gasteiger partial charge in [0.2, 0.25) is 0 Å². The van der Waals surface area contributed by atoms with Crippen LogP contribution in [-0.2, 0) is 11.3 Å². The first-order chi connectivity index (χ1) is 12.0. The number of likely N-dealkylation sites (N-methyl/N-ethyl adjacent to an activating group) is 1. The fourth-order valence-electron chi connectivity index (χ4n) is 2.68. The van der Waals surface area contributed by atoms with Crippen LogP contribution >= 0.6 is 22.9 Å². The number of benzene rings is 2. The summed E-state index contributed by atoms with van der Waals surface area (Å²) in [5.41, 5.74) is 2.04. The summed E-state index contributed by atoms with van der Waals surface area (Å²) < 4.78 is 1.15. The highest BCUT2D eigenvalue weighted by molar-refractivity contribution is 7.18. The maximum Gasteiger partial charge on any atom is 0.277 e. The number of nitrogens with two attached hydrogens (primary N) is 1. The highest BCUT2D eigenvalue weighted by atomic mass is 35.5. The van der Waals surface area contributed by atoms with Gasteiger partial charge in [0.1, 0.15) is 11.0 Å². The minimum Gasteiger partial charge on any atom is -0.334 e. The number of carbonyl (C=O) groups excluding carboxylic acids is 1. The summed E-state index contributed by atoms with van der Waals surface area (Å²) in [6.07, 6.45) is 0. The lowest BCUT2D eigenvalue weighted by Crippen LogP contribution is -2.87. The highest BCUT2D eigenvalue weighted by Gasteiger charge is 2.17. The Morgan fingerprint density at radius 3 is 2.72 bits per heavy atom. The number of thiazole rings is 1. The molecule has 0 radical (unpaired) electrons. The van der Waals surface area contributed by atoms with Crippen molar-refractivity contribution in [2.24, 2.45) is 0 Å². The first kappa shape index (κ1) is 17.9. The Morgan fingerprint density at radius 1 is 1.24 bits per heavy atom. The third-order valence-corrected chi connectivity index (χ3v) is 5.54. The molecule has 130 valence electrons.